The number of rotatable bonds is 5. The van der Waals surface area contributed by atoms with Crippen LogP contribution in [0.5, 0.6) is 11.5 Å². The van der Waals surface area contributed by atoms with Crippen LogP contribution in [-0.2, 0) is 9.31 Å². The summed E-state index contributed by atoms with van der Waals surface area (Å²) in [5.74, 6) is 0.488. The van der Waals surface area contributed by atoms with E-state index in [1.54, 1.807) is 12.1 Å². The van der Waals surface area contributed by atoms with E-state index >= 15 is 0 Å². The van der Waals surface area contributed by atoms with Gasteiger partial charge in [-0.3, -0.25) is 4.79 Å². The van der Waals surface area contributed by atoms with Gasteiger partial charge in [-0.25, -0.2) is 0 Å². The molecule has 7 heteroatoms. The molecule has 130 valence electrons. The summed E-state index contributed by atoms with van der Waals surface area (Å²) in [6.45, 7) is 7.93. The molecule has 0 amide bonds. The molecule has 1 aromatic rings. The highest BCUT2D eigenvalue weighted by Crippen LogP contribution is 2.39. The van der Waals surface area contributed by atoms with Crippen molar-refractivity contribution in [2.24, 2.45) is 0 Å². The van der Waals surface area contributed by atoms with E-state index in [1.807, 2.05) is 33.8 Å². The molecule has 1 aliphatic heterocycles. The number of phenols is 1. The van der Waals surface area contributed by atoms with E-state index < -0.39 is 18.3 Å². The van der Waals surface area contributed by atoms with Crippen molar-refractivity contribution in [3.8, 4) is 11.5 Å². The molecule has 0 saturated carbocycles. The SMILES string of the molecule is COc1cc(C=C(CS)B2OC(C)(C)C(C)(C)O2)cc(C=O)c1O. The van der Waals surface area contributed by atoms with Gasteiger partial charge < -0.3 is 19.2 Å². The van der Waals surface area contributed by atoms with Crippen LogP contribution in [0.4, 0.5) is 0 Å². The number of aromatic hydroxyl groups is 1. The number of hydrogen-bond acceptors (Lipinski definition) is 6. The number of phenolic OH excluding ortho intramolecular Hbond substituents is 1. The molecule has 0 unspecified atom stereocenters. The quantitative estimate of drug-likeness (QED) is 0.485. The van der Waals surface area contributed by atoms with Crippen LogP contribution in [-0.4, -0.2) is 42.6 Å². The Labute approximate surface area is 148 Å². The summed E-state index contributed by atoms with van der Waals surface area (Å²) < 4.78 is 17.2. The number of ether oxygens (including phenoxy) is 1. The third kappa shape index (κ3) is 3.48. The normalized spacial score (nSPS) is 19.4. The number of hydrogen-bond donors (Lipinski definition) is 2. The highest BCUT2D eigenvalue weighted by Gasteiger charge is 2.52. The molecule has 1 aliphatic rings. The third-order valence-electron chi connectivity index (χ3n) is 4.56. The molecule has 1 heterocycles. The molecule has 0 spiro atoms. The maximum Gasteiger partial charge on any atom is 0.491 e. The first-order valence-electron chi connectivity index (χ1n) is 7.68. The Morgan fingerprint density at radius 3 is 2.33 bits per heavy atom. The van der Waals surface area contributed by atoms with Crippen LogP contribution in [0.3, 0.4) is 0 Å². The van der Waals surface area contributed by atoms with E-state index in [1.165, 1.54) is 7.11 Å². The zero-order valence-corrected chi connectivity index (χ0v) is 15.5. The van der Waals surface area contributed by atoms with E-state index in [0.717, 1.165) is 5.47 Å². The Kier molecular flexibility index (Phi) is 5.37. The molecule has 1 aromatic carbocycles. The van der Waals surface area contributed by atoms with Crippen molar-refractivity contribution in [3.05, 3.63) is 28.7 Å². The van der Waals surface area contributed by atoms with Crippen molar-refractivity contribution in [1.82, 2.24) is 0 Å². The zero-order chi connectivity index (χ0) is 18.1. The molecule has 2 rings (SSSR count). The van der Waals surface area contributed by atoms with Gasteiger partial charge in [-0.1, -0.05) is 6.08 Å². The van der Waals surface area contributed by atoms with Gasteiger partial charge in [0.05, 0.1) is 23.9 Å². The Morgan fingerprint density at radius 2 is 1.88 bits per heavy atom. The molecule has 1 saturated heterocycles. The van der Waals surface area contributed by atoms with Crippen molar-refractivity contribution in [2.45, 2.75) is 38.9 Å². The molecule has 0 atom stereocenters. The average molecular weight is 350 g/mol. The fraction of sp³-hybridized carbons (Fsp3) is 0.471. The van der Waals surface area contributed by atoms with Crippen LogP contribution in [0.15, 0.2) is 17.6 Å². The Balaban J connectivity index is 2.40. The van der Waals surface area contributed by atoms with Crippen LogP contribution in [0, 0.1) is 0 Å². The summed E-state index contributed by atoms with van der Waals surface area (Å²) in [6, 6.07) is 3.23. The van der Waals surface area contributed by atoms with Gasteiger partial charge in [-0.05, 0) is 50.9 Å². The van der Waals surface area contributed by atoms with Crippen molar-refractivity contribution >= 4 is 32.1 Å². The number of carbonyl (C=O) groups excluding carboxylic acids is 1. The van der Waals surface area contributed by atoms with E-state index in [0.29, 0.717) is 17.6 Å². The molecule has 0 radical (unpaired) electrons. The van der Waals surface area contributed by atoms with E-state index in [2.05, 4.69) is 12.6 Å². The Hall–Kier alpha value is -1.44. The number of methoxy groups -OCH3 is 1. The minimum atomic E-state index is -0.521. The lowest BCUT2D eigenvalue weighted by Gasteiger charge is -2.32. The minimum Gasteiger partial charge on any atom is -0.504 e. The van der Waals surface area contributed by atoms with Crippen molar-refractivity contribution < 1.29 is 23.9 Å². The first-order chi connectivity index (χ1) is 11.1. The second kappa shape index (κ2) is 6.82. The monoisotopic (exact) mass is 350 g/mol. The summed E-state index contributed by atoms with van der Waals surface area (Å²) >= 11 is 4.37. The van der Waals surface area contributed by atoms with E-state index in [-0.39, 0.29) is 17.1 Å². The van der Waals surface area contributed by atoms with Crippen LogP contribution in [0.1, 0.15) is 43.6 Å². The fourth-order valence-corrected chi connectivity index (χ4v) is 2.62. The molecule has 0 aliphatic carbocycles. The van der Waals surface area contributed by atoms with Crippen LogP contribution >= 0.6 is 12.6 Å². The standard InChI is InChI=1S/C17H23BO5S/c1-16(2)17(3,4)23-18(22-16)13(10-24)7-11-6-12(9-19)15(20)14(8-11)21-5/h6-9,20,24H,10H2,1-5H3. The molecule has 1 fully saturated rings. The minimum absolute atomic E-state index is 0.160. The predicted octanol–water partition coefficient (Wildman–Crippen LogP) is 3.16. The summed E-state index contributed by atoms with van der Waals surface area (Å²) in [7, 11) is 0.914. The summed E-state index contributed by atoms with van der Waals surface area (Å²) in [6.07, 6.45) is 2.43. The lowest BCUT2D eigenvalue weighted by atomic mass is 9.78. The molecular formula is C17H23BO5S. The zero-order valence-electron chi connectivity index (χ0n) is 14.6. The number of carbonyl (C=O) groups is 1. The molecule has 5 nitrogen and oxygen atoms in total. The number of benzene rings is 1. The van der Waals surface area contributed by atoms with Crippen LogP contribution < -0.4 is 4.74 Å². The Bertz CT molecular complexity index is 653. The second-order valence-corrected chi connectivity index (χ2v) is 7.06. The number of thiol groups is 1. The van der Waals surface area contributed by atoms with Crippen LogP contribution in [0.25, 0.3) is 6.08 Å². The first kappa shape index (κ1) is 18.9. The van der Waals surface area contributed by atoms with Gasteiger partial charge in [0.25, 0.3) is 0 Å². The average Bonchev–Trinajstić information content (AvgIpc) is 2.73. The van der Waals surface area contributed by atoms with Gasteiger partial charge in [-0.2, -0.15) is 12.6 Å². The highest BCUT2D eigenvalue weighted by atomic mass is 32.1. The van der Waals surface area contributed by atoms with Crippen molar-refractivity contribution in [2.75, 3.05) is 12.9 Å². The van der Waals surface area contributed by atoms with Gasteiger partial charge in [0.1, 0.15) is 0 Å². The smallest absolute Gasteiger partial charge is 0.491 e. The summed E-state index contributed by atoms with van der Waals surface area (Å²) in [5, 5.41) is 9.91. The molecule has 24 heavy (non-hydrogen) atoms. The van der Waals surface area contributed by atoms with Crippen molar-refractivity contribution in [3.63, 3.8) is 0 Å². The summed E-state index contributed by atoms with van der Waals surface area (Å²) in [5.41, 5.74) is 0.792. The van der Waals surface area contributed by atoms with Gasteiger partial charge in [0.2, 0.25) is 0 Å². The molecule has 1 N–H and O–H groups in total. The predicted molar refractivity (Wildman–Crippen MR) is 98.0 cm³/mol. The third-order valence-corrected chi connectivity index (χ3v) is 4.93. The lowest BCUT2D eigenvalue weighted by molar-refractivity contribution is 0.00578. The molecular weight excluding hydrogens is 327 g/mol. The van der Waals surface area contributed by atoms with Gasteiger partial charge in [-0.15, -0.1) is 0 Å². The maximum absolute atomic E-state index is 11.1. The summed E-state index contributed by atoms with van der Waals surface area (Å²) in [4.78, 5) is 11.1. The second-order valence-electron chi connectivity index (χ2n) is 6.74. The van der Waals surface area contributed by atoms with E-state index in [4.69, 9.17) is 14.0 Å². The Morgan fingerprint density at radius 1 is 1.29 bits per heavy atom. The fourth-order valence-electron chi connectivity index (χ4n) is 2.38. The topological polar surface area (TPSA) is 65.0 Å². The highest BCUT2D eigenvalue weighted by molar-refractivity contribution is 7.80. The molecule has 0 bridgehead atoms. The van der Waals surface area contributed by atoms with Gasteiger partial charge >= 0.3 is 7.12 Å². The van der Waals surface area contributed by atoms with Gasteiger partial charge in [0, 0.05) is 5.75 Å². The van der Waals surface area contributed by atoms with E-state index in [9.17, 15) is 9.90 Å². The van der Waals surface area contributed by atoms with Crippen molar-refractivity contribution in [1.29, 1.82) is 0 Å². The van der Waals surface area contributed by atoms with Gasteiger partial charge in [0.15, 0.2) is 17.8 Å². The number of aldehydes is 1. The molecule has 0 aromatic heterocycles. The largest absolute Gasteiger partial charge is 0.504 e. The van der Waals surface area contributed by atoms with Crippen LogP contribution in [0.2, 0.25) is 0 Å². The maximum atomic E-state index is 11.1. The first-order valence-corrected chi connectivity index (χ1v) is 8.31. The lowest BCUT2D eigenvalue weighted by Crippen LogP contribution is -2.41.